The van der Waals surface area contributed by atoms with Gasteiger partial charge in [-0.2, -0.15) is 5.26 Å². The second-order valence-corrected chi connectivity index (χ2v) is 6.07. The van der Waals surface area contributed by atoms with Gasteiger partial charge in [-0.25, -0.2) is 9.37 Å². The van der Waals surface area contributed by atoms with E-state index >= 15 is 0 Å². The fourth-order valence-corrected chi connectivity index (χ4v) is 2.54. The van der Waals surface area contributed by atoms with Crippen molar-refractivity contribution in [3.63, 3.8) is 0 Å². The third-order valence-corrected chi connectivity index (χ3v) is 4.00. The largest absolute Gasteiger partial charge is 0.325 e. The molecule has 4 nitrogen and oxygen atoms in total. The molecule has 0 fully saturated rings. The average Bonchev–Trinajstić information content (AvgIpc) is 2.51. The summed E-state index contributed by atoms with van der Waals surface area (Å²) < 4.78 is 13.5. The van der Waals surface area contributed by atoms with Crippen molar-refractivity contribution in [1.82, 2.24) is 4.98 Å². The van der Waals surface area contributed by atoms with Gasteiger partial charge in [0.1, 0.15) is 5.82 Å². The van der Waals surface area contributed by atoms with Crippen LogP contribution in [0.4, 0.5) is 10.1 Å². The fourth-order valence-electron chi connectivity index (χ4n) is 1.69. The van der Waals surface area contributed by atoms with Gasteiger partial charge in [-0.05, 0) is 43.7 Å². The molecule has 0 bridgehead atoms. The summed E-state index contributed by atoms with van der Waals surface area (Å²) in [5, 5.41) is 11.7. The molecule has 0 aliphatic carbocycles. The van der Waals surface area contributed by atoms with Crippen LogP contribution in [0, 0.1) is 24.1 Å². The van der Waals surface area contributed by atoms with E-state index in [1.165, 1.54) is 24.0 Å². The molecule has 2 rings (SSSR count). The molecule has 1 heterocycles. The molecule has 0 saturated carbocycles. The van der Waals surface area contributed by atoms with Gasteiger partial charge in [-0.3, -0.25) is 4.79 Å². The molecule has 1 unspecified atom stereocenters. The van der Waals surface area contributed by atoms with E-state index in [0.717, 1.165) is 0 Å². The number of carbonyl (C=O) groups is 1. The van der Waals surface area contributed by atoms with Crippen molar-refractivity contribution >= 4 is 23.4 Å². The van der Waals surface area contributed by atoms with Crippen molar-refractivity contribution in [2.24, 2.45) is 0 Å². The Morgan fingerprint density at radius 3 is 2.86 bits per heavy atom. The van der Waals surface area contributed by atoms with E-state index in [-0.39, 0.29) is 11.7 Å². The number of amides is 1. The molecule has 1 aromatic carbocycles. The van der Waals surface area contributed by atoms with Gasteiger partial charge in [0, 0.05) is 11.9 Å². The first-order valence-corrected chi connectivity index (χ1v) is 7.47. The van der Waals surface area contributed by atoms with Crippen molar-refractivity contribution in [3.05, 3.63) is 53.5 Å². The standard InChI is InChI=1S/C16H14FN3OS/c1-10-3-4-13(8-14(10)17)20-16(21)11(2)22-15-7-12(9-18)5-6-19-15/h3-8,11H,1-2H3,(H,20,21). The Kier molecular flexibility index (Phi) is 5.12. The molecule has 112 valence electrons. The van der Waals surface area contributed by atoms with Crippen LogP contribution in [0.25, 0.3) is 0 Å². The van der Waals surface area contributed by atoms with Crippen LogP contribution in [-0.2, 0) is 4.79 Å². The minimum atomic E-state index is -0.425. The second kappa shape index (κ2) is 7.05. The number of hydrogen-bond donors (Lipinski definition) is 1. The maximum absolute atomic E-state index is 13.5. The molecule has 1 amide bonds. The topological polar surface area (TPSA) is 65.8 Å². The van der Waals surface area contributed by atoms with Crippen LogP contribution in [0.2, 0.25) is 0 Å². The predicted octanol–water partition coefficient (Wildman–Crippen LogP) is 3.52. The van der Waals surface area contributed by atoms with E-state index in [9.17, 15) is 9.18 Å². The van der Waals surface area contributed by atoms with E-state index in [1.54, 1.807) is 38.1 Å². The fraction of sp³-hybridized carbons (Fsp3) is 0.188. The van der Waals surface area contributed by atoms with Crippen LogP contribution < -0.4 is 5.32 Å². The summed E-state index contributed by atoms with van der Waals surface area (Å²) in [6.45, 7) is 3.39. The monoisotopic (exact) mass is 315 g/mol. The van der Waals surface area contributed by atoms with Gasteiger partial charge in [-0.15, -0.1) is 0 Å². The quantitative estimate of drug-likeness (QED) is 0.877. The predicted molar refractivity (Wildman–Crippen MR) is 84.0 cm³/mol. The number of nitrogens with zero attached hydrogens (tertiary/aromatic N) is 2. The lowest BCUT2D eigenvalue weighted by Gasteiger charge is -2.12. The molecule has 1 aromatic heterocycles. The van der Waals surface area contributed by atoms with Crippen LogP contribution >= 0.6 is 11.8 Å². The minimum Gasteiger partial charge on any atom is -0.325 e. The molecule has 0 spiro atoms. The number of anilines is 1. The van der Waals surface area contributed by atoms with E-state index in [2.05, 4.69) is 10.3 Å². The van der Waals surface area contributed by atoms with Crippen LogP contribution in [0.1, 0.15) is 18.1 Å². The van der Waals surface area contributed by atoms with Crippen LogP contribution in [0.5, 0.6) is 0 Å². The molecule has 0 aliphatic heterocycles. The Morgan fingerprint density at radius 1 is 1.41 bits per heavy atom. The normalized spacial score (nSPS) is 11.5. The number of nitriles is 1. The van der Waals surface area contributed by atoms with Crippen molar-refractivity contribution in [2.75, 3.05) is 5.32 Å². The van der Waals surface area contributed by atoms with Crippen molar-refractivity contribution in [1.29, 1.82) is 5.26 Å². The Hall–Kier alpha value is -2.39. The van der Waals surface area contributed by atoms with Crippen molar-refractivity contribution < 1.29 is 9.18 Å². The highest BCUT2D eigenvalue weighted by Gasteiger charge is 2.16. The number of carbonyl (C=O) groups excluding carboxylic acids is 1. The number of aryl methyl sites for hydroxylation is 1. The molecule has 2 aromatic rings. The number of rotatable bonds is 4. The van der Waals surface area contributed by atoms with Crippen molar-refractivity contribution in [2.45, 2.75) is 24.1 Å². The van der Waals surface area contributed by atoms with E-state index < -0.39 is 5.25 Å². The average molecular weight is 315 g/mol. The summed E-state index contributed by atoms with van der Waals surface area (Å²) in [5.41, 5.74) is 1.43. The van der Waals surface area contributed by atoms with Gasteiger partial charge in [-0.1, -0.05) is 17.8 Å². The van der Waals surface area contributed by atoms with Crippen LogP contribution in [0.3, 0.4) is 0 Å². The summed E-state index contributed by atoms with van der Waals surface area (Å²) in [7, 11) is 0. The van der Waals surface area contributed by atoms with E-state index in [4.69, 9.17) is 5.26 Å². The molecule has 1 atom stereocenters. The third-order valence-electron chi connectivity index (χ3n) is 2.97. The van der Waals surface area contributed by atoms with Gasteiger partial charge in [0.05, 0.1) is 21.9 Å². The zero-order valence-electron chi connectivity index (χ0n) is 12.1. The van der Waals surface area contributed by atoms with Gasteiger partial charge in [0.2, 0.25) is 5.91 Å². The zero-order chi connectivity index (χ0) is 16.1. The molecule has 6 heteroatoms. The summed E-state index contributed by atoms with van der Waals surface area (Å²) >= 11 is 1.24. The molecule has 0 radical (unpaired) electrons. The molecule has 22 heavy (non-hydrogen) atoms. The number of thioether (sulfide) groups is 1. The lowest BCUT2D eigenvalue weighted by atomic mass is 10.2. The van der Waals surface area contributed by atoms with Crippen molar-refractivity contribution in [3.8, 4) is 6.07 Å². The highest BCUT2D eigenvalue weighted by atomic mass is 32.2. The summed E-state index contributed by atoms with van der Waals surface area (Å²) in [4.78, 5) is 16.2. The zero-order valence-corrected chi connectivity index (χ0v) is 12.9. The molecule has 1 N–H and O–H groups in total. The van der Waals surface area contributed by atoms with Gasteiger partial charge in [0.25, 0.3) is 0 Å². The number of benzene rings is 1. The number of halogens is 1. The third kappa shape index (κ3) is 4.06. The first-order chi connectivity index (χ1) is 10.5. The molecule has 0 aliphatic rings. The van der Waals surface area contributed by atoms with Crippen LogP contribution in [-0.4, -0.2) is 16.1 Å². The molecule has 0 saturated heterocycles. The smallest absolute Gasteiger partial charge is 0.237 e. The number of nitrogens with one attached hydrogen (secondary N) is 1. The van der Waals surface area contributed by atoms with Crippen LogP contribution in [0.15, 0.2) is 41.6 Å². The van der Waals surface area contributed by atoms with E-state index in [0.29, 0.717) is 21.8 Å². The number of hydrogen-bond acceptors (Lipinski definition) is 4. The Morgan fingerprint density at radius 2 is 2.18 bits per heavy atom. The Bertz CT molecular complexity index is 742. The number of pyridine rings is 1. The Balaban J connectivity index is 2.02. The van der Waals surface area contributed by atoms with Gasteiger partial charge < -0.3 is 5.32 Å². The molecular formula is C16H14FN3OS. The first kappa shape index (κ1) is 16.0. The SMILES string of the molecule is Cc1ccc(NC(=O)C(C)Sc2cc(C#N)ccn2)cc1F. The number of aromatic nitrogens is 1. The molecular weight excluding hydrogens is 301 g/mol. The first-order valence-electron chi connectivity index (χ1n) is 6.59. The Labute approximate surface area is 132 Å². The summed E-state index contributed by atoms with van der Waals surface area (Å²) in [6.07, 6.45) is 1.53. The maximum atomic E-state index is 13.5. The lowest BCUT2D eigenvalue weighted by Crippen LogP contribution is -2.22. The minimum absolute atomic E-state index is 0.252. The van der Waals surface area contributed by atoms with E-state index in [1.807, 2.05) is 6.07 Å². The highest BCUT2D eigenvalue weighted by molar-refractivity contribution is 8.00. The second-order valence-electron chi connectivity index (χ2n) is 4.71. The van der Waals surface area contributed by atoms with Gasteiger partial charge in [0.15, 0.2) is 0 Å². The highest BCUT2D eigenvalue weighted by Crippen LogP contribution is 2.23. The van der Waals surface area contributed by atoms with Gasteiger partial charge >= 0.3 is 0 Å². The lowest BCUT2D eigenvalue weighted by molar-refractivity contribution is -0.115. The summed E-state index contributed by atoms with van der Waals surface area (Å²) in [5.74, 6) is -0.612. The summed E-state index contributed by atoms with van der Waals surface area (Å²) in [6, 6.07) is 9.81. The maximum Gasteiger partial charge on any atom is 0.237 e.